The van der Waals surface area contributed by atoms with E-state index >= 15 is 0 Å². The van der Waals surface area contributed by atoms with Crippen LogP contribution in [0.25, 0.3) is 0 Å². The highest BCUT2D eigenvalue weighted by molar-refractivity contribution is 9.10. The number of halogens is 2. The summed E-state index contributed by atoms with van der Waals surface area (Å²) in [5, 5.41) is 11.0. The first-order chi connectivity index (χ1) is 8.56. The first-order valence-corrected chi connectivity index (χ1v) is 5.82. The second kappa shape index (κ2) is 5.28. The Bertz CT molecular complexity index is 609. The molecule has 0 spiro atoms. The Kier molecular flexibility index (Phi) is 3.73. The highest BCUT2D eigenvalue weighted by atomic mass is 79.9. The highest BCUT2D eigenvalue weighted by Gasteiger charge is 2.16. The lowest BCUT2D eigenvalue weighted by molar-refractivity contribution is -0.385. The van der Waals surface area contributed by atoms with Gasteiger partial charge >= 0.3 is 5.69 Å². The minimum Gasteiger partial charge on any atom is -0.430 e. The Labute approximate surface area is 115 Å². The minimum atomic E-state index is -0.544. The van der Waals surface area contributed by atoms with Crippen molar-refractivity contribution in [3.8, 4) is 11.6 Å². The molecule has 0 N–H and O–H groups in total. The number of aromatic nitrogens is 2. The summed E-state index contributed by atoms with van der Waals surface area (Å²) in [5.41, 5.74) is -0.175. The van der Waals surface area contributed by atoms with Crippen molar-refractivity contribution in [2.45, 2.75) is 0 Å². The predicted octanol–water partition coefficient (Wildman–Crippen LogP) is 3.59. The largest absolute Gasteiger partial charge is 0.430 e. The summed E-state index contributed by atoms with van der Waals surface area (Å²) in [6.45, 7) is 0. The molecule has 0 saturated carbocycles. The molecular formula is C10H5BrClN3O3. The Morgan fingerprint density at radius 1 is 1.39 bits per heavy atom. The lowest BCUT2D eigenvalue weighted by Crippen LogP contribution is -1.95. The third kappa shape index (κ3) is 2.93. The van der Waals surface area contributed by atoms with Gasteiger partial charge in [-0.2, -0.15) is 4.98 Å². The van der Waals surface area contributed by atoms with Gasteiger partial charge in [0.25, 0.3) is 0 Å². The van der Waals surface area contributed by atoms with Crippen molar-refractivity contribution in [2.24, 2.45) is 0 Å². The normalized spacial score (nSPS) is 10.1. The van der Waals surface area contributed by atoms with E-state index in [2.05, 4.69) is 25.9 Å². The van der Waals surface area contributed by atoms with Gasteiger partial charge in [-0.15, -0.1) is 0 Å². The molecule has 18 heavy (non-hydrogen) atoms. The van der Waals surface area contributed by atoms with Gasteiger partial charge in [-0.05, 0) is 12.1 Å². The van der Waals surface area contributed by atoms with Crippen LogP contribution < -0.4 is 4.74 Å². The zero-order valence-corrected chi connectivity index (χ0v) is 11.1. The lowest BCUT2D eigenvalue weighted by atomic mass is 10.3. The molecule has 0 aliphatic carbocycles. The minimum absolute atomic E-state index is 0.0692. The number of hydrogen-bond acceptors (Lipinski definition) is 5. The van der Waals surface area contributed by atoms with Gasteiger partial charge in [0.05, 0.1) is 17.3 Å². The molecule has 0 amide bonds. The average Bonchev–Trinajstić information content (AvgIpc) is 2.31. The maximum Gasteiger partial charge on any atom is 0.312 e. The fraction of sp³-hybridized carbons (Fsp3) is 0. The first-order valence-electron chi connectivity index (χ1n) is 4.65. The Morgan fingerprint density at radius 2 is 2.17 bits per heavy atom. The monoisotopic (exact) mass is 329 g/mol. The van der Waals surface area contributed by atoms with E-state index in [1.807, 2.05) is 0 Å². The Balaban J connectivity index is 2.37. The van der Waals surface area contributed by atoms with E-state index in [-0.39, 0.29) is 22.5 Å². The zero-order valence-electron chi connectivity index (χ0n) is 8.71. The third-order valence-corrected chi connectivity index (χ3v) is 2.59. The molecule has 1 aromatic heterocycles. The Morgan fingerprint density at radius 3 is 2.83 bits per heavy atom. The Hall–Kier alpha value is -1.73. The molecule has 1 heterocycles. The second-order valence-electron chi connectivity index (χ2n) is 3.15. The molecular weight excluding hydrogens is 325 g/mol. The van der Waals surface area contributed by atoms with E-state index < -0.39 is 4.92 Å². The van der Waals surface area contributed by atoms with Crippen molar-refractivity contribution in [2.75, 3.05) is 0 Å². The van der Waals surface area contributed by atoms with Gasteiger partial charge in [-0.25, -0.2) is 0 Å². The third-order valence-electron chi connectivity index (χ3n) is 1.92. The SMILES string of the molecule is O=[N+]([O-])c1cc(Br)ccc1Oc1cncc(Cl)n1. The number of nitro groups is 1. The summed E-state index contributed by atoms with van der Waals surface area (Å²) in [5.74, 6) is 0.160. The van der Waals surface area contributed by atoms with Crippen LogP contribution in [0.5, 0.6) is 11.6 Å². The zero-order chi connectivity index (χ0) is 13.1. The van der Waals surface area contributed by atoms with Gasteiger partial charge in [0.1, 0.15) is 0 Å². The quantitative estimate of drug-likeness (QED) is 0.635. The van der Waals surface area contributed by atoms with Crippen molar-refractivity contribution in [3.05, 3.63) is 50.3 Å². The van der Waals surface area contributed by atoms with Crippen LogP contribution in [-0.2, 0) is 0 Å². The number of hydrogen-bond donors (Lipinski definition) is 0. The first kappa shape index (κ1) is 12.7. The topological polar surface area (TPSA) is 78.2 Å². The number of rotatable bonds is 3. The van der Waals surface area contributed by atoms with Gasteiger partial charge in [0.15, 0.2) is 5.15 Å². The summed E-state index contributed by atoms with van der Waals surface area (Å²) >= 11 is 8.80. The van der Waals surface area contributed by atoms with Crippen molar-refractivity contribution in [1.29, 1.82) is 0 Å². The van der Waals surface area contributed by atoms with Crippen LogP contribution in [-0.4, -0.2) is 14.9 Å². The molecule has 0 atom stereocenters. The van der Waals surface area contributed by atoms with E-state index in [4.69, 9.17) is 16.3 Å². The molecule has 1 aromatic carbocycles. The highest BCUT2D eigenvalue weighted by Crippen LogP contribution is 2.32. The van der Waals surface area contributed by atoms with Crippen molar-refractivity contribution < 1.29 is 9.66 Å². The van der Waals surface area contributed by atoms with E-state index in [0.29, 0.717) is 4.47 Å². The maximum atomic E-state index is 10.9. The molecule has 92 valence electrons. The number of nitrogens with zero attached hydrogens (tertiary/aromatic N) is 3. The molecule has 0 aliphatic rings. The molecule has 0 bridgehead atoms. The average molecular weight is 331 g/mol. The van der Waals surface area contributed by atoms with Crippen LogP contribution in [0.4, 0.5) is 5.69 Å². The van der Waals surface area contributed by atoms with Gasteiger partial charge < -0.3 is 4.74 Å². The second-order valence-corrected chi connectivity index (χ2v) is 4.45. The molecule has 0 saturated heterocycles. The molecule has 6 nitrogen and oxygen atoms in total. The van der Waals surface area contributed by atoms with Crippen LogP contribution in [0, 0.1) is 10.1 Å². The van der Waals surface area contributed by atoms with E-state index in [0.717, 1.165) is 0 Å². The van der Waals surface area contributed by atoms with Crippen molar-refractivity contribution in [1.82, 2.24) is 9.97 Å². The molecule has 0 aliphatic heterocycles. The number of nitro benzene ring substituents is 1. The summed E-state index contributed by atoms with van der Waals surface area (Å²) in [7, 11) is 0. The van der Waals surface area contributed by atoms with E-state index in [1.54, 1.807) is 6.07 Å². The summed E-state index contributed by atoms with van der Waals surface area (Å²) in [6.07, 6.45) is 2.65. The van der Waals surface area contributed by atoms with Crippen LogP contribution >= 0.6 is 27.5 Å². The molecule has 2 rings (SSSR count). The van der Waals surface area contributed by atoms with Crippen LogP contribution in [0.2, 0.25) is 5.15 Å². The summed E-state index contributed by atoms with van der Waals surface area (Å²) in [6, 6.07) is 4.43. The fourth-order valence-electron chi connectivity index (χ4n) is 1.21. The van der Waals surface area contributed by atoms with E-state index in [1.165, 1.54) is 24.5 Å². The summed E-state index contributed by atoms with van der Waals surface area (Å²) in [4.78, 5) is 17.9. The molecule has 0 radical (unpaired) electrons. The van der Waals surface area contributed by atoms with Gasteiger partial charge in [-0.1, -0.05) is 27.5 Å². The van der Waals surface area contributed by atoms with Crippen LogP contribution in [0.1, 0.15) is 0 Å². The molecule has 8 heteroatoms. The van der Waals surface area contributed by atoms with Crippen LogP contribution in [0.15, 0.2) is 35.1 Å². The van der Waals surface area contributed by atoms with Crippen molar-refractivity contribution in [3.63, 3.8) is 0 Å². The van der Waals surface area contributed by atoms with Crippen LogP contribution in [0.3, 0.4) is 0 Å². The van der Waals surface area contributed by atoms with Gasteiger partial charge in [0, 0.05) is 10.5 Å². The smallest absolute Gasteiger partial charge is 0.312 e. The summed E-state index contributed by atoms with van der Waals surface area (Å²) < 4.78 is 5.87. The van der Waals surface area contributed by atoms with Gasteiger partial charge in [0.2, 0.25) is 11.6 Å². The standard InChI is InChI=1S/C10H5BrClN3O3/c11-6-1-2-8(7(3-6)15(16)17)18-10-5-13-4-9(12)14-10/h1-5H. The van der Waals surface area contributed by atoms with Crippen molar-refractivity contribution >= 4 is 33.2 Å². The number of benzene rings is 1. The van der Waals surface area contributed by atoms with Gasteiger partial charge in [-0.3, -0.25) is 15.1 Å². The number of ether oxygens (including phenoxy) is 1. The molecule has 0 unspecified atom stereocenters. The molecule has 0 fully saturated rings. The predicted molar refractivity (Wildman–Crippen MR) is 67.9 cm³/mol. The molecule has 2 aromatic rings. The maximum absolute atomic E-state index is 10.9. The fourth-order valence-corrected chi connectivity index (χ4v) is 1.70. The van der Waals surface area contributed by atoms with E-state index in [9.17, 15) is 10.1 Å². The lowest BCUT2D eigenvalue weighted by Gasteiger charge is -2.05.